The lowest BCUT2D eigenvalue weighted by atomic mass is 9.98. The molecule has 31 heavy (non-hydrogen) atoms. The zero-order valence-corrected chi connectivity index (χ0v) is 17.8. The number of esters is 1. The summed E-state index contributed by atoms with van der Waals surface area (Å²) in [5, 5.41) is 2.74. The van der Waals surface area contributed by atoms with Crippen molar-refractivity contribution >= 4 is 23.3 Å². The predicted octanol–water partition coefficient (Wildman–Crippen LogP) is 4.97. The molecule has 0 saturated carbocycles. The van der Waals surface area contributed by atoms with Crippen molar-refractivity contribution in [1.82, 2.24) is 0 Å². The molecule has 0 saturated heterocycles. The molecule has 0 bridgehead atoms. The molecule has 5 nitrogen and oxygen atoms in total. The predicted molar refractivity (Wildman–Crippen MR) is 120 cm³/mol. The summed E-state index contributed by atoms with van der Waals surface area (Å²) in [6.45, 7) is 5.48. The number of ether oxygens (including phenoxy) is 1. The number of aryl methyl sites for hydroxylation is 2. The van der Waals surface area contributed by atoms with Gasteiger partial charge in [-0.05, 0) is 44.0 Å². The SMILES string of the molecule is CCc1ccc(NC(=O)C(C)OC(=O)c2ccccc2C(=O)c2ccc(C)cc2)cc1. The van der Waals surface area contributed by atoms with Gasteiger partial charge in [0.05, 0.1) is 5.56 Å². The van der Waals surface area contributed by atoms with E-state index in [0.717, 1.165) is 17.5 Å². The highest BCUT2D eigenvalue weighted by molar-refractivity contribution is 6.14. The van der Waals surface area contributed by atoms with Crippen LogP contribution in [0, 0.1) is 6.92 Å². The van der Waals surface area contributed by atoms with Crippen molar-refractivity contribution in [3.63, 3.8) is 0 Å². The first-order valence-corrected chi connectivity index (χ1v) is 10.2. The van der Waals surface area contributed by atoms with Gasteiger partial charge < -0.3 is 10.1 Å². The van der Waals surface area contributed by atoms with Gasteiger partial charge in [-0.25, -0.2) is 4.79 Å². The third-order valence-electron chi connectivity index (χ3n) is 4.99. The minimum Gasteiger partial charge on any atom is -0.449 e. The normalized spacial score (nSPS) is 11.5. The van der Waals surface area contributed by atoms with Crippen LogP contribution in [0.25, 0.3) is 0 Å². The second kappa shape index (κ2) is 9.85. The van der Waals surface area contributed by atoms with E-state index in [-0.39, 0.29) is 16.9 Å². The number of anilines is 1. The molecule has 1 atom stereocenters. The van der Waals surface area contributed by atoms with Crippen molar-refractivity contribution in [3.8, 4) is 0 Å². The van der Waals surface area contributed by atoms with Crippen LogP contribution in [0.5, 0.6) is 0 Å². The lowest BCUT2D eigenvalue weighted by Crippen LogP contribution is -2.30. The van der Waals surface area contributed by atoms with Crippen LogP contribution < -0.4 is 5.32 Å². The third kappa shape index (κ3) is 5.45. The zero-order valence-electron chi connectivity index (χ0n) is 17.8. The van der Waals surface area contributed by atoms with Gasteiger partial charge in [0.15, 0.2) is 11.9 Å². The summed E-state index contributed by atoms with van der Waals surface area (Å²) in [7, 11) is 0. The van der Waals surface area contributed by atoms with Crippen molar-refractivity contribution in [3.05, 3.63) is 101 Å². The lowest BCUT2D eigenvalue weighted by molar-refractivity contribution is -0.123. The minimum absolute atomic E-state index is 0.125. The molecule has 1 N–H and O–H groups in total. The second-order valence-corrected chi connectivity index (χ2v) is 7.33. The molecule has 3 aromatic carbocycles. The smallest absolute Gasteiger partial charge is 0.339 e. The summed E-state index contributed by atoms with van der Waals surface area (Å²) in [6, 6.07) is 21.0. The van der Waals surface area contributed by atoms with Crippen LogP contribution in [0.3, 0.4) is 0 Å². The highest BCUT2D eigenvalue weighted by Crippen LogP contribution is 2.18. The first-order valence-electron chi connectivity index (χ1n) is 10.2. The number of amides is 1. The van der Waals surface area contributed by atoms with Crippen LogP contribution in [0.15, 0.2) is 72.8 Å². The van der Waals surface area contributed by atoms with E-state index in [1.165, 1.54) is 13.0 Å². The molecule has 3 aromatic rings. The fraction of sp³-hybridized carbons (Fsp3) is 0.192. The molecular weight excluding hydrogens is 390 g/mol. The summed E-state index contributed by atoms with van der Waals surface area (Å²) >= 11 is 0. The largest absolute Gasteiger partial charge is 0.449 e. The Morgan fingerprint density at radius 3 is 2.10 bits per heavy atom. The number of ketones is 1. The molecule has 3 rings (SSSR count). The second-order valence-electron chi connectivity index (χ2n) is 7.33. The van der Waals surface area contributed by atoms with Gasteiger partial charge >= 0.3 is 5.97 Å². The van der Waals surface area contributed by atoms with E-state index in [1.54, 1.807) is 42.5 Å². The first-order chi connectivity index (χ1) is 14.9. The van der Waals surface area contributed by atoms with E-state index in [1.807, 2.05) is 31.2 Å². The Kier molecular flexibility index (Phi) is 6.98. The molecule has 0 fully saturated rings. The minimum atomic E-state index is -1.03. The van der Waals surface area contributed by atoms with Crippen molar-refractivity contribution in [1.29, 1.82) is 0 Å². The monoisotopic (exact) mass is 415 g/mol. The number of carbonyl (C=O) groups excluding carboxylic acids is 3. The summed E-state index contributed by atoms with van der Waals surface area (Å²) < 4.78 is 5.36. The fourth-order valence-electron chi connectivity index (χ4n) is 3.06. The Labute approximate surface area is 182 Å². The van der Waals surface area contributed by atoms with Gasteiger partial charge in [-0.15, -0.1) is 0 Å². The number of hydrogen-bond donors (Lipinski definition) is 1. The maximum Gasteiger partial charge on any atom is 0.339 e. The third-order valence-corrected chi connectivity index (χ3v) is 4.99. The van der Waals surface area contributed by atoms with Gasteiger partial charge in [-0.2, -0.15) is 0 Å². The average Bonchev–Trinajstić information content (AvgIpc) is 2.79. The van der Waals surface area contributed by atoms with Crippen LogP contribution in [0.4, 0.5) is 5.69 Å². The van der Waals surface area contributed by atoms with Crippen LogP contribution in [-0.4, -0.2) is 23.8 Å². The Morgan fingerprint density at radius 1 is 0.871 bits per heavy atom. The summed E-state index contributed by atoms with van der Waals surface area (Å²) in [5.41, 5.74) is 3.66. The van der Waals surface area contributed by atoms with E-state index in [4.69, 9.17) is 4.74 Å². The number of hydrogen-bond acceptors (Lipinski definition) is 4. The topological polar surface area (TPSA) is 72.5 Å². The first kappa shape index (κ1) is 22.0. The van der Waals surface area contributed by atoms with Crippen LogP contribution in [-0.2, 0) is 16.0 Å². The van der Waals surface area contributed by atoms with E-state index < -0.39 is 18.0 Å². The van der Waals surface area contributed by atoms with Gasteiger partial charge in [0.2, 0.25) is 0 Å². The van der Waals surface area contributed by atoms with Crippen LogP contribution in [0.1, 0.15) is 51.3 Å². The maximum atomic E-state index is 12.9. The van der Waals surface area contributed by atoms with Gasteiger partial charge in [0.25, 0.3) is 5.91 Å². The Bertz CT molecular complexity index is 1090. The number of nitrogens with one attached hydrogen (secondary N) is 1. The molecule has 0 aliphatic rings. The molecule has 0 aliphatic heterocycles. The summed E-state index contributed by atoms with van der Waals surface area (Å²) in [5.74, 6) is -1.44. The number of rotatable bonds is 7. The molecule has 5 heteroatoms. The summed E-state index contributed by atoms with van der Waals surface area (Å²) in [6.07, 6.45) is -0.121. The summed E-state index contributed by atoms with van der Waals surface area (Å²) in [4.78, 5) is 38.1. The zero-order chi connectivity index (χ0) is 22.4. The van der Waals surface area contributed by atoms with Crippen LogP contribution >= 0.6 is 0 Å². The number of carbonyl (C=O) groups is 3. The molecule has 0 spiro atoms. The Morgan fingerprint density at radius 2 is 1.48 bits per heavy atom. The fourth-order valence-corrected chi connectivity index (χ4v) is 3.06. The molecule has 0 aliphatic carbocycles. The average molecular weight is 415 g/mol. The van der Waals surface area contributed by atoms with Gasteiger partial charge in [0, 0.05) is 16.8 Å². The van der Waals surface area contributed by atoms with E-state index in [0.29, 0.717) is 11.3 Å². The lowest BCUT2D eigenvalue weighted by Gasteiger charge is -2.15. The maximum absolute atomic E-state index is 12.9. The molecular formula is C26H25NO4. The molecule has 1 amide bonds. The molecule has 0 radical (unpaired) electrons. The van der Waals surface area contributed by atoms with Crippen molar-refractivity contribution in [2.45, 2.75) is 33.3 Å². The van der Waals surface area contributed by atoms with E-state index in [2.05, 4.69) is 12.2 Å². The molecule has 158 valence electrons. The van der Waals surface area contributed by atoms with E-state index >= 15 is 0 Å². The Balaban J connectivity index is 1.71. The van der Waals surface area contributed by atoms with Crippen molar-refractivity contribution in [2.75, 3.05) is 5.32 Å². The van der Waals surface area contributed by atoms with E-state index in [9.17, 15) is 14.4 Å². The number of benzene rings is 3. The highest BCUT2D eigenvalue weighted by atomic mass is 16.5. The molecule has 0 aromatic heterocycles. The Hall–Kier alpha value is -3.73. The van der Waals surface area contributed by atoms with Crippen molar-refractivity contribution in [2.24, 2.45) is 0 Å². The molecule has 1 unspecified atom stereocenters. The van der Waals surface area contributed by atoms with Gasteiger partial charge in [0.1, 0.15) is 0 Å². The standard InChI is InChI=1S/C26H25NO4/c1-4-19-11-15-21(16-12-19)27-25(29)18(3)31-26(30)23-8-6-5-7-22(23)24(28)20-13-9-17(2)10-14-20/h5-16,18H,4H2,1-3H3,(H,27,29). The van der Waals surface area contributed by atoms with Crippen molar-refractivity contribution < 1.29 is 19.1 Å². The quantitative estimate of drug-likeness (QED) is 0.437. The van der Waals surface area contributed by atoms with Crippen LogP contribution in [0.2, 0.25) is 0 Å². The highest BCUT2D eigenvalue weighted by Gasteiger charge is 2.23. The molecule has 0 heterocycles. The van der Waals surface area contributed by atoms with Gasteiger partial charge in [-0.3, -0.25) is 9.59 Å². The van der Waals surface area contributed by atoms with Gasteiger partial charge in [-0.1, -0.05) is 67.1 Å².